The number of carbonyl (C=O) groups is 2. The molecule has 2 aromatic heterocycles. The van der Waals surface area contributed by atoms with Crippen molar-refractivity contribution in [2.24, 2.45) is 0 Å². The minimum Gasteiger partial charge on any atom is -0.493 e. The molecule has 0 fully saturated rings. The van der Waals surface area contributed by atoms with E-state index >= 15 is 0 Å². The number of hydrogen-bond acceptors (Lipinski definition) is 5. The van der Waals surface area contributed by atoms with Crippen LogP contribution in [0.1, 0.15) is 35.7 Å². The van der Waals surface area contributed by atoms with E-state index in [0.717, 1.165) is 57.6 Å². The van der Waals surface area contributed by atoms with Gasteiger partial charge in [0.2, 0.25) is 0 Å². The fraction of sp³-hybridized carbons (Fsp3) is 0.258. The van der Waals surface area contributed by atoms with Crippen LogP contribution in [0.15, 0.2) is 72.9 Å². The van der Waals surface area contributed by atoms with E-state index in [1.165, 1.54) is 11.0 Å². The van der Waals surface area contributed by atoms with Crippen LogP contribution in [-0.2, 0) is 22.4 Å². The first-order valence-corrected chi connectivity index (χ1v) is 13.1. The molecule has 5 rings (SSSR count). The maximum atomic E-state index is 12.4. The van der Waals surface area contributed by atoms with Crippen molar-refractivity contribution in [1.29, 1.82) is 0 Å². The van der Waals surface area contributed by atoms with Gasteiger partial charge in [0.05, 0.1) is 24.4 Å². The van der Waals surface area contributed by atoms with Crippen LogP contribution in [-0.4, -0.2) is 46.5 Å². The lowest BCUT2D eigenvalue weighted by Crippen LogP contribution is -2.35. The molecule has 0 saturated carbocycles. The molecule has 0 bridgehead atoms. The molecule has 1 aliphatic rings. The Hall–Kier alpha value is -4.59. The summed E-state index contributed by atoms with van der Waals surface area (Å²) in [4.78, 5) is 29.9. The number of carbonyl (C=O) groups excluding carboxylic acids is 1. The van der Waals surface area contributed by atoms with Gasteiger partial charge in [0.15, 0.2) is 0 Å². The van der Waals surface area contributed by atoms with E-state index in [0.29, 0.717) is 32.0 Å². The second kappa shape index (κ2) is 11.4. The third-order valence-electron chi connectivity index (χ3n) is 6.73. The van der Waals surface area contributed by atoms with Crippen molar-refractivity contribution in [2.45, 2.75) is 33.1 Å². The quantitative estimate of drug-likeness (QED) is 0.229. The van der Waals surface area contributed by atoms with Gasteiger partial charge in [-0.1, -0.05) is 29.8 Å². The number of benzene rings is 2. The number of fused-ring (bicyclic) bond motifs is 2. The molecule has 8 heteroatoms. The molecule has 3 heterocycles. The van der Waals surface area contributed by atoms with E-state index in [-0.39, 0.29) is 0 Å². The number of esters is 1. The lowest BCUT2D eigenvalue weighted by Gasteiger charge is -2.26. The third kappa shape index (κ3) is 5.80. The predicted molar refractivity (Wildman–Crippen MR) is 150 cm³/mol. The zero-order chi connectivity index (χ0) is 27.4. The first kappa shape index (κ1) is 26.0. The van der Waals surface area contributed by atoms with Crippen LogP contribution in [0.4, 0.5) is 10.6 Å². The number of nitrogens with zero attached hydrogens (tertiary/aromatic N) is 3. The maximum Gasteiger partial charge on any atom is 0.413 e. The van der Waals surface area contributed by atoms with E-state index in [2.05, 4.69) is 4.98 Å². The Labute approximate surface area is 227 Å². The standard InChI is InChI=1S/C31H31N3O5/c1-3-38-29(35)20-28(23-7-4-6-21(2)18-23)33-16-13-24-19-26(11-12-27(24)33)39-17-14-25-10-9-22-8-5-15-34(31(36)37)30(22)32-25/h4,6-7,9-13,16,18-20H,3,5,8,14-15,17H2,1-2H3,(H,36,37). The highest BCUT2D eigenvalue weighted by atomic mass is 16.5. The Morgan fingerprint density at radius 1 is 1.10 bits per heavy atom. The van der Waals surface area contributed by atoms with Crippen molar-refractivity contribution in [3.05, 3.63) is 95.3 Å². The molecule has 2 aromatic carbocycles. The van der Waals surface area contributed by atoms with Crippen molar-refractivity contribution in [3.63, 3.8) is 0 Å². The number of aromatic nitrogens is 2. The molecular weight excluding hydrogens is 494 g/mol. The van der Waals surface area contributed by atoms with Gasteiger partial charge in [-0.25, -0.2) is 14.6 Å². The molecule has 0 radical (unpaired) electrons. The van der Waals surface area contributed by atoms with E-state index in [9.17, 15) is 14.7 Å². The molecular formula is C31H31N3O5. The van der Waals surface area contributed by atoms with Crippen LogP contribution >= 0.6 is 0 Å². The van der Waals surface area contributed by atoms with Crippen LogP contribution in [0.3, 0.4) is 0 Å². The van der Waals surface area contributed by atoms with E-state index in [4.69, 9.17) is 9.47 Å². The van der Waals surface area contributed by atoms with Gasteiger partial charge >= 0.3 is 12.1 Å². The van der Waals surface area contributed by atoms with Gasteiger partial charge in [0.25, 0.3) is 0 Å². The molecule has 200 valence electrons. The van der Waals surface area contributed by atoms with E-state index in [1.807, 2.05) is 78.4 Å². The van der Waals surface area contributed by atoms with Crippen molar-refractivity contribution < 1.29 is 24.2 Å². The van der Waals surface area contributed by atoms with Crippen LogP contribution in [0.25, 0.3) is 16.6 Å². The molecule has 0 aliphatic carbocycles. The lowest BCUT2D eigenvalue weighted by molar-refractivity contribution is -0.137. The minimum atomic E-state index is -0.972. The SMILES string of the molecule is CCOC(=O)C=C(c1cccc(C)c1)n1ccc2cc(OCCc3ccc4c(n3)N(C(=O)O)CCC4)ccc21. The highest BCUT2D eigenvalue weighted by Gasteiger charge is 2.23. The molecule has 1 N–H and O–H groups in total. The van der Waals surface area contributed by atoms with Gasteiger partial charge in [0.1, 0.15) is 11.6 Å². The Bertz CT molecular complexity index is 1560. The monoisotopic (exact) mass is 525 g/mol. The zero-order valence-corrected chi connectivity index (χ0v) is 22.1. The lowest BCUT2D eigenvalue weighted by atomic mass is 10.1. The molecule has 0 spiro atoms. The summed E-state index contributed by atoms with van der Waals surface area (Å²) in [5.74, 6) is 0.865. The summed E-state index contributed by atoms with van der Waals surface area (Å²) in [6.07, 6.45) is 4.69. The van der Waals surface area contributed by atoms with Crippen LogP contribution in [0, 0.1) is 6.92 Å². The van der Waals surface area contributed by atoms with Gasteiger partial charge in [-0.15, -0.1) is 0 Å². The van der Waals surface area contributed by atoms with Crippen molar-refractivity contribution in [1.82, 2.24) is 9.55 Å². The Morgan fingerprint density at radius 3 is 2.77 bits per heavy atom. The second-order valence-corrected chi connectivity index (χ2v) is 9.48. The Balaban J connectivity index is 1.33. The number of ether oxygens (including phenoxy) is 2. The summed E-state index contributed by atoms with van der Waals surface area (Å²) in [6, 6.07) is 19.8. The summed E-state index contributed by atoms with van der Waals surface area (Å²) in [6.45, 7) is 4.99. The number of amides is 1. The first-order chi connectivity index (χ1) is 18.9. The first-order valence-electron chi connectivity index (χ1n) is 13.1. The van der Waals surface area contributed by atoms with E-state index in [1.54, 1.807) is 6.92 Å². The topological polar surface area (TPSA) is 93.9 Å². The van der Waals surface area contributed by atoms with Gasteiger partial charge in [0, 0.05) is 36.3 Å². The fourth-order valence-electron chi connectivity index (χ4n) is 4.89. The van der Waals surface area contributed by atoms with Gasteiger partial charge in [-0.05, 0) is 74.2 Å². The molecule has 0 unspecified atom stereocenters. The summed E-state index contributed by atoms with van der Waals surface area (Å²) >= 11 is 0. The van der Waals surface area contributed by atoms with Crippen LogP contribution in [0.5, 0.6) is 5.75 Å². The maximum absolute atomic E-state index is 12.4. The number of carboxylic acid groups (broad SMARTS) is 1. The number of rotatable bonds is 8. The average molecular weight is 526 g/mol. The van der Waals surface area contributed by atoms with Gasteiger partial charge in [-0.2, -0.15) is 0 Å². The highest BCUT2D eigenvalue weighted by Crippen LogP contribution is 2.29. The smallest absolute Gasteiger partial charge is 0.413 e. The van der Waals surface area contributed by atoms with Crippen molar-refractivity contribution in [2.75, 3.05) is 24.7 Å². The second-order valence-electron chi connectivity index (χ2n) is 9.48. The molecule has 0 atom stereocenters. The fourth-order valence-corrected chi connectivity index (χ4v) is 4.89. The number of hydrogen-bond donors (Lipinski definition) is 1. The Kier molecular flexibility index (Phi) is 7.63. The number of aryl methyl sites for hydroxylation is 2. The van der Waals surface area contributed by atoms with E-state index < -0.39 is 12.1 Å². The third-order valence-corrected chi connectivity index (χ3v) is 6.73. The van der Waals surface area contributed by atoms with Gasteiger partial charge in [-0.3, -0.25) is 4.90 Å². The molecule has 39 heavy (non-hydrogen) atoms. The normalized spacial score (nSPS) is 13.3. The molecule has 4 aromatic rings. The molecule has 1 aliphatic heterocycles. The van der Waals surface area contributed by atoms with Crippen LogP contribution < -0.4 is 9.64 Å². The Morgan fingerprint density at radius 2 is 1.97 bits per heavy atom. The number of pyridine rings is 1. The average Bonchev–Trinajstić information content (AvgIpc) is 3.34. The summed E-state index contributed by atoms with van der Waals surface area (Å²) in [7, 11) is 0. The molecule has 1 amide bonds. The predicted octanol–water partition coefficient (Wildman–Crippen LogP) is 5.85. The summed E-state index contributed by atoms with van der Waals surface area (Å²) in [5, 5.41) is 10.5. The van der Waals surface area contributed by atoms with Crippen molar-refractivity contribution in [3.8, 4) is 5.75 Å². The van der Waals surface area contributed by atoms with Crippen molar-refractivity contribution >= 4 is 34.5 Å². The van der Waals surface area contributed by atoms with Gasteiger partial charge < -0.3 is 19.1 Å². The number of anilines is 1. The molecule has 8 nitrogen and oxygen atoms in total. The minimum absolute atomic E-state index is 0.308. The summed E-state index contributed by atoms with van der Waals surface area (Å²) < 4.78 is 13.2. The molecule has 0 saturated heterocycles. The highest BCUT2D eigenvalue weighted by molar-refractivity contribution is 5.95. The summed E-state index contributed by atoms with van der Waals surface area (Å²) in [5.41, 5.74) is 5.43. The zero-order valence-electron chi connectivity index (χ0n) is 22.1. The van der Waals surface area contributed by atoms with Crippen LogP contribution in [0.2, 0.25) is 0 Å². The largest absolute Gasteiger partial charge is 0.493 e.